The molecule has 2 aromatic carbocycles. The molecule has 2 N–H and O–H groups in total. The van der Waals surface area contributed by atoms with Crippen LogP contribution in [0.15, 0.2) is 46.9 Å². The SMILES string of the molecule is OC(CNc1ccccc1Br)c1ccc(F)c(F)c1. The molecule has 0 radical (unpaired) electrons. The van der Waals surface area contributed by atoms with E-state index in [1.54, 1.807) is 0 Å². The van der Waals surface area contributed by atoms with E-state index >= 15 is 0 Å². The van der Waals surface area contributed by atoms with Crippen molar-refractivity contribution >= 4 is 21.6 Å². The van der Waals surface area contributed by atoms with Gasteiger partial charge in [-0.1, -0.05) is 18.2 Å². The van der Waals surface area contributed by atoms with Gasteiger partial charge in [0, 0.05) is 16.7 Å². The third-order valence-electron chi connectivity index (χ3n) is 2.69. The summed E-state index contributed by atoms with van der Waals surface area (Å²) < 4.78 is 26.7. The predicted octanol–water partition coefficient (Wildman–Crippen LogP) is 3.87. The molecule has 0 bridgehead atoms. The van der Waals surface area contributed by atoms with Gasteiger partial charge in [0.1, 0.15) is 0 Å². The van der Waals surface area contributed by atoms with E-state index < -0.39 is 17.7 Å². The van der Waals surface area contributed by atoms with Gasteiger partial charge in [-0.15, -0.1) is 0 Å². The van der Waals surface area contributed by atoms with Gasteiger partial charge in [0.05, 0.1) is 6.10 Å². The first-order chi connectivity index (χ1) is 9.08. The second-order valence-corrected chi connectivity index (χ2v) is 4.90. The molecule has 19 heavy (non-hydrogen) atoms. The fraction of sp³-hybridized carbons (Fsp3) is 0.143. The first-order valence-electron chi connectivity index (χ1n) is 5.69. The number of benzene rings is 2. The Hall–Kier alpha value is -1.46. The first kappa shape index (κ1) is 14.0. The zero-order valence-electron chi connectivity index (χ0n) is 9.91. The molecule has 1 atom stereocenters. The number of hydrogen-bond acceptors (Lipinski definition) is 2. The molecule has 0 amide bonds. The van der Waals surface area contributed by atoms with E-state index in [0.717, 1.165) is 22.3 Å². The molecule has 0 aliphatic rings. The maximum absolute atomic E-state index is 13.1. The Labute approximate surface area is 118 Å². The fourth-order valence-corrected chi connectivity index (χ4v) is 2.07. The van der Waals surface area contributed by atoms with E-state index in [9.17, 15) is 13.9 Å². The number of anilines is 1. The molecule has 0 saturated carbocycles. The lowest BCUT2D eigenvalue weighted by Gasteiger charge is -2.14. The smallest absolute Gasteiger partial charge is 0.159 e. The van der Waals surface area contributed by atoms with Gasteiger partial charge in [-0.05, 0) is 45.8 Å². The lowest BCUT2D eigenvalue weighted by molar-refractivity contribution is 0.191. The van der Waals surface area contributed by atoms with Crippen molar-refractivity contribution in [1.29, 1.82) is 0 Å². The van der Waals surface area contributed by atoms with Crippen molar-refractivity contribution in [2.24, 2.45) is 0 Å². The number of hydrogen-bond donors (Lipinski definition) is 2. The molecule has 0 aliphatic carbocycles. The summed E-state index contributed by atoms with van der Waals surface area (Å²) in [7, 11) is 0. The molecule has 0 aliphatic heterocycles. The minimum atomic E-state index is -0.961. The van der Waals surface area contributed by atoms with E-state index in [-0.39, 0.29) is 6.54 Å². The highest BCUT2D eigenvalue weighted by Gasteiger charge is 2.11. The van der Waals surface area contributed by atoms with Gasteiger partial charge in [-0.3, -0.25) is 0 Å². The molecule has 0 aromatic heterocycles. The number of para-hydroxylation sites is 1. The Morgan fingerprint density at radius 1 is 1.11 bits per heavy atom. The summed E-state index contributed by atoms with van der Waals surface area (Å²) >= 11 is 3.37. The largest absolute Gasteiger partial charge is 0.387 e. The number of rotatable bonds is 4. The monoisotopic (exact) mass is 327 g/mol. The van der Waals surface area contributed by atoms with Crippen molar-refractivity contribution in [2.75, 3.05) is 11.9 Å². The van der Waals surface area contributed by atoms with Crippen LogP contribution in [0.2, 0.25) is 0 Å². The summed E-state index contributed by atoms with van der Waals surface area (Å²) in [5, 5.41) is 13.0. The minimum Gasteiger partial charge on any atom is -0.387 e. The van der Waals surface area contributed by atoms with Gasteiger partial charge in [0.2, 0.25) is 0 Å². The Morgan fingerprint density at radius 2 is 1.84 bits per heavy atom. The van der Waals surface area contributed by atoms with Gasteiger partial charge in [0.15, 0.2) is 11.6 Å². The molecule has 5 heteroatoms. The van der Waals surface area contributed by atoms with E-state index in [0.29, 0.717) is 5.56 Å². The van der Waals surface area contributed by atoms with Crippen LogP contribution in [-0.4, -0.2) is 11.7 Å². The fourth-order valence-electron chi connectivity index (χ4n) is 1.65. The zero-order chi connectivity index (χ0) is 13.8. The van der Waals surface area contributed by atoms with Crippen LogP contribution in [0.25, 0.3) is 0 Å². The Bertz CT molecular complexity index is 577. The van der Waals surface area contributed by atoms with Crippen LogP contribution in [0.1, 0.15) is 11.7 Å². The maximum Gasteiger partial charge on any atom is 0.159 e. The van der Waals surface area contributed by atoms with Crippen LogP contribution >= 0.6 is 15.9 Å². The molecule has 0 fully saturated rings. The molecular formula is C14H12BrF2NO. The van der Waals surface area contributed by atoms with Gasteiger partial charge in [-0.2, -0.15) is 0 Å². The summed E-state index contributed by atoms with van der Waals surface area (Å²) in [4.78, 5) is 0. The zero-order valence-corrected chi connectivity index (χ0v) is 11.5. The molecule has 2 nitrogen and oxygen atoms in total. The number of halogens is 3. The molecule has 2 aromatic rings. The number of aliphatic hydroxyl groups excluding tert-OH is 1. The summed E-state index contributed by atoms with van der Waals surface area (Å²) in [6.45, 7) is 0.202. The van der Waals surface area contributed by atoms with Crippen molar-refractivity contribution in [3.8, 4) is 0 Å². The highest BCUT2D eigenvalue weighted by Crippen LogP contribution is 2.23. The van der Waals surface area contributed by atoms with E-state index in [1.165, 1.54) is 6.07 Å². The highest BCUT2D eigenvalue weighted by atomic mass is 79.9. The van der Waals surface area contributed by atoms with E-state index in [2.05, 4.69) is 21.2 Å². The van der Waals surface area contributed by atoms with Crippen LogP contribution in [0.5, 0.6) is 0 Å². The van der Waals surface area contributed by atoms with Crippen LogP contribution in [0.3, 0.4) is 0 Å². The van der Waals surface area contributed by atoms with Crippen molar-refractivity contribution in [3.63, 3.8) is 0 Å². The predicted molar refractivity (Wildman–Crippen MR) is 73.9 cm³/mol. The Morgan fingerprint density at radius 3 is 2.53 bits per heavy atom. The average Bonchev–Trinajstić information content (AvgIpc) is 2.40. The maximum atomic E-state index is 13.1. The van der Waals surface area contributed by atoms with Crippen LogP contribution in [0.4, 0.5) is 14.5 Å². The van der Waals surface area contributed by atoms with Crippen molar-refractivity contribution in [2.45, 2.75) is 6.10 Å². The lowest BCUT2D eigenvalue weighted by Crippen LogP contribution is -2.12. The second kappa shape index (κ2) is 6.12. The first-order valence-corrected chi connectivity index (χ1v) is 6.48. The lowest BCUT2D eigenvalue weighted by atomic mass is 10.1. The quantitative estimate of drug-likeness (QED) is 0.893. The standard InChI is InChI=1S/C14H12BrF2NO/c15-10-3-1-2-4-13(10)18-8-14(19)9-5-6-11(16)12(17)7-9/h1-7,14,18-19H,8H2. The van der Waals surface area contributed by atoms with Crippen LogP contribution in [-0.2, 0) is 0 Å². The summed E-state index contributed by atoms with van der Waals surface area (Å²) in [6.07, 6.45) is -0.915. The Balaban J connectivity index is 2.03. The van der Waals surface area contributed by atoms with E-state index in [4.69, 9.17) is 0 Å². The van der Waals surface area contributed by atoms with Crippen molar-refractivity contribution in [1.82, 2.24) is 0 Å². The molecule has 100 valence electrons. The summed E-state index contributed by atoms with van der Waals surface area (Å²) in [6, 6.07) is 10.8. The topological polar surface area (TPSA) is 32.3 Å². The molecule has 2 rings (SSSR count). The van der Waals surface area contributed by atoms with Gasteiger partial charge in [-0.25, -0.2) is 8.78 Å². The summed E-state index contributed by atoms with van der Waals surface area (Å²) in [5.41, 5.74) is 1.16. The normalized spacial score (nSPS) is 12.2. The average molecular weight is 328 g/mol. The minimum absolute atomic E-state index is 0.202. The van der Waals surface area contributed by atoms with Crippen LogP contribution < -0.4 is 5.32 Å². The molecule has 0 heterocycles. The van der Waals surface area contributed by atoms with Crippen molar-refractivity contribution in [3.05, 3.63) is 64.1 Å². The molecule has 1 unspecified atom stereocenters. The highest BCUT2D eigenvalue weighted by molar-refractivity contribution is 9.10. The third-order valence-corrected chi connectivity index (χ3v) is 3.38. The number of nitrogens with one attached hydrogen (secondary N) is 1. The molecular weight excluding hydrogens is 316 g/mol. The van der Waals surface area contributed by atoms with Crippen LogP contribution in [0, 0.1) is 11.6 Å². The van der Waals surface area contributed by atoms with Gasteiger partial charge < -0.3 is 10.4 Å². The van der Waals surface area contributed by atoms with Gasteiger partial charge >= 0.3 is 0 Å². The van der Waals surface area contributed by atoms with E-state index in [1.807, 2.05) is 24.3 Å². The van der Waals surface area contributed by atoms with Crippen molar-refractivity contribution < 1.29 is 13.9 Å². The summed E-state index contributed by atoms with van der Waals surface area (Å²) in [5.74, 6) is -1.88. The molecule has 0 saturated heterocycles. The third kappa shape index (κ3) is 3.52. The molecule has 0 spiro atoms. The number of aliphatic hydroxyl groups is 1. The van der Waals surface area contributed by atoms with Gasteiger partial charge in [0.25, 0.3) is 0 Å². The Kier molecular flexibility index (Phi) is 4.50. The second-order valence-electron chi connectivity index (χ2n) is 4.05.